The quantitative estimate of drug-likeness (QED) is 0.0330. The normalized spacial score (nSPS) is 14.5. The average molecular weight is 1400 g/mol. The first-order chi connectivity index (χ1) is 47.7. The highest BCUT2D eigenvalue weighted by atomic mass is 16.4. The largest absolute Gasteiger partial charge is 0.481 e. The van der Waals surface area contributed by atoms with Gasteiger partial charge in [-0.25, -0.2) is 19.2 Å². The molecule has 4 atom stereocenters. The van der Waals surface area contributed by atoms with E-state index in [9.17, 15) is 97.8 Å². The highest BCUT2D eigenvalue weighted by Gasteiger charge is 2.30. The summed E-state index contributed by atoms with van der Waals surface area (Å²) in [5.74, 6) is -11.5. The van der Waals surface area contributed by atoms with Gasteiger partial charge >= 0.3 is 47.8 Å². The van der Waals surface area contributed by atoms with E-state index in [2.05, 4.69) is 37.2 Å². The molecule has 0 aliphatic carbocycles. The smallest absolute Gasteiger partial charge is 0.335 e. The van der Waals surface area contributed by atoms with E-state index in [1.807, 2.05) is 0 Å². The van der Waals surface area contributed by atoms with Crippen LogP contribution < -0.4 is 37.2 Å². The molecule has 0 spiro atoms. The zero-order chi connectivity index (χ0) is 73.4. The number of amides is 8. The molecule has 3 aromatic rings. The topological polar surface area (TPSA) is 481 Å². The first kappa shape index (κ1) is 82.3. The Morgan fingerprint density at radius 2 is 0.840 bits per heavy atom. The predicted molar refractivity (Wildman–Crippen MR) is 358 cm³/mol. The van der Waals surface area contributed by atoms with Gasteiger partial charge in [0.2, 0.25) is 35.4 Å². The first-order valence-corrected chi connectivity index (χ1v) is 33.1. The van der Waals surface area contributed by atoms with Crippen LogP contribution in [0.2, 0.25) is 0 Å². The SMILES string of the molecule is O=C(O)CC[C@H](NC(=O)N[C@@H](CCCCN(Cc1ccc(C(=O)O)cc1)C(=O)CCCCCNC(=O)CCC(=O)N[C@@H](Cc1ccccc1)C(=O)N[C@@H](Cc1ccccc1)C(=O)NCCCNC(=O)CN1CCN(CC(=O)O)CCN(CC(=O)O)CCN(CC(=O)O)CC1)C(=O)O)C(=O)O. The number of nitrogens with one attached hydrogen (secondary N) is 7. The van der Waals surface area contributed by atoms with E-state index in [-0.39, 0.29) is 186 Å². The minimum atomic E-state index is -1.59. The molecule has 548 valence electrons. The lowest BCUT2D eigenvalue weighted by atomic mass is 10.0. The molecule has 14 N–H and O–H groups in total. The molecule has 1 fully saturated rings. The monoisotopic (exact) mass is 1400 g/mol. The number of hydrogen-bond donors (Lipinski definition) is 14. The lowest BCUT2D eigenvalue weighted by Crippen LogP contribution is -2.55. The van der Waals surface area contributed by atoms with Gasteiger partial charge in [0, 0.05) is 124 Å². The summed E-state index contributed by atoms with van der Waals surface area (Å²) in [4.78, 5) is 183. The number of benzene rings is 3. The van der Waals surface area contributed by atoms with Gasteiger partial charge in [-0.2, -0.15) is 0 Å². The first-order valence-electron chi connectivity index (χ1n) is 33.1. The van der Waals surface area contributed by atoms with E-state index in [4.69, 9.17) is 5.11 Å². The Bertz CT molecular complexity index is 3150. The number of carboxylic acids is 7. The fourth-order valence-electron chi connectivity index (χ4n) is 10.7. The molecule has 1 heterocycles. The number of urea groups is 1. The lowest BCUT2D eigenvalue weighted by Gasteiger charge is -2.32. The van der Waals surface area contributed by atoms with Gasteiger partial charge in [0.05, 0.1) is 31.7 Å². The van der Waals surface area contributed by atoms with E-state index in [1.54, 1.807) is 92.4 Å². The predicted octanol–water partition coefficient (Wildman–Crippen LogP) is -0.0362. The van der Waals surface area contributed by atoms with E-state index in [1.165, 1.54) is 17.0 Å². The minimum Gasteiger partial charge on any atom is -0.481 e. The Hall–Kier alpha value is -10.1. The molecule has 33 heteroatoms. The number of carbonyl (C=O) groups is 14. The maximum Gasteiger partial charge on any atom is 0.335 e. The van der Waals surface area contributed by atoms with Crippen LogP contribution in [-0.2, 0) is 76.9 Å². The standard InChI is InChI=1S/C67H94N12O21/c80-54(68-27-10-3-8-18-57(83)79(41-48-19-21-49(22-20-48)64(94)95)30-11-9-17-50(65(96)97)73-67(100)74-51(66(98)99)23-26-58(84)85)24-25-55(81)71-53(40-47-15-6-2-7-16-47)63(93)72-52(39-46-13-4-1-5-14-46)62(92)70-29-12-28-69-56(82)42-75-31-33-76(43-59(86)87)35-37-78(45-61(90)91)38-36-77(34-32-75)44-60(88)89/h1-2,4-7,13-16,19-22,50-53H,3,8-12,17-18,23-45H2,(H,68,80)(H,69,82)(H,70,92)(H,71,81)(H,72,93)(H,84,85)(H,86,87)(H,88,89)(H,90,91)(H,94,95)(H,96,97)(H,98,99)(H2,73,74,100)/t50-,51-,52-,53-/m0/s1. The number of hydrogen-bond acceptors (Lipinski definition) is 18. The van der Waals surface area contributed by atoms with Crippen LogP contribution in [0.5, 0.6) is 0 Å². The van der Waals surface area contributed by atoms with Gasteiger partial charge in [-0.1, -0.05) is 79.2 Å². The fraction of sp³-hybridized carbons (Fsp3) is 0.522. The molecular weight excluding hydrogens is 1310 g/mol. The van der Waals surface area contributed by atoms with Crippen molar-refractivity contribution < 1.29 is 103 Å². The Kier molecular flexibility index (Phi) is 37.4. The average Bonchev–Trinajstić information content (AvgIpc) is 0.933. The highest BCUT2D eigenvalue weighted by molar-refractivity contribution is 5.93. The second-order valence-corrected chi connectivity index (χ2v) is 24.1. The molecule has 0 aromatic heterocycles. The van der Waals surface area contributed by atoms with E-state index < -0.39 is 108 Å². The zero-order valence-corrected chi connectivity index (χ0v) is 55.9. The molecule has 0 radical (unpaired) electrons. The number of aliphatic carboxylic acids is 6. The minimum absolute atomic E-state index is 0.0301. The number of aromatic carboxylic acids is 1. The van der Waals surface area contributed by atoms with Crippen LogP contribution in [0.1, 0.15) is 104 Å². The van der Waals surface area contributed by atoms with E-state index in [0.717, 1.165) is 5.56 Å². The van der Waals surface area contributed by atoms with Crippen LogP contribution in [0.25, 0.3) is 0 Å². The molecule has 1 aliphatic rings. The summed E-state index contributed by atoms with van der Waals surface area (Å²) >= 11 is 0. The van der Waals surface area contributed by atoms with Crippen LogP contribution in [0.4, 0.5) is 4.79 Å². The number of unbranched alkanes of at least 4 members (excludes halogenated alkanes) is 3. The molecular formula is C67H94N12O21. The molecule has 8 amide bonds. The number of carbonyl (C=O) groups excluding carboxylic acids is 7. The highest BCUT2D eigenvalue weighted by Crippen LogP contribution is 2.15. The van der Waals surface area contributed by atoms with Crippen molar-refractivity contribution in [1.82, 2.24) is 61.7 Å². The summed E-state index contributed by atoms with van der Waals surface area (Å²) < 4.78 is 0. The van der Waals surface area contributed by atoms with Crippen LogP contribution >= 0.6 is 0 Å². The molecule has 0 unspecified atom stereocenters. The van der Waals surface area contributed by atoms with Crippen molar-refractivity contribution in [3.05, 3.63) is 107 Å². The molecule has 3 aromatic carbocycles. The van der Waals surface area contributed by atoms with Crippen molar-refractivity contribution >= 4 is 83.3 Å². The summed E-state index contributed by atoms with van der Waals surface area (Å²) in [6.07, 6.45) is 0.623. The Balaban J connectivity index is 1.28. The lowest BCUT2D eigenvalue weighted by molar-refractivity contribution is -0.141. The Morgan fingerprint density at radius 1 is 0.380 bits per heavy atom. The van der Waals surface area contributed by atoms with Gasteiger partial charge in [-0.3, -0.25) is 67.5 Å². The molecule has 100 heavy (non-hydrogen) atoms. The van der Waals surface area contributed by atoms with Gasteiger partial charge in [0.1, 0.15) is 24.2 Å². The van der Waals surface area contributed by atoms with Crippen molar-refractivity contribution in [2.24, 2.45) is 0 Å². The van der Waals surface area contributed by atoms with Crippen LogP contribution in [0.15, 0.2) is 84.9 Å². The summed E-state index contributed by atoms with van der Waals surface area (Å²) in [7, 11) is 0. The number of nitrogens with zero attached hydrogens (tertiary/aromatic N) is 5. The summed E-state index contributed by atoms with van der Waals surface area (Å²) in [5.41, 5.74) is 2.06. The molecule has 33 nitrogen and oxygen atoms in total. The van der Waals surface area contributed by atoms with E-state index in [0.29, 0.717) is 30.4 Å². The van der Waals surface area contributed by atoms with Crippen molar-refractivity contribution in [1.29, 1.82) is 0 Å². The maximum atomic E-state index is 14.2. The Morgan fingerprint density at radius 3 is 1.33 bits per heavy atom. The summed E-state index contributed by atoms with van der Waals surface area (Å²) in [6, 6.07) is 17.2. The zero-order valence-electron chi connectivity index (χ0n) is 55.9. The van der Waals surface area contributed by atoms with Gasteiger partial charge < -0.3 is 77.9 Å². The van der Waals surface area contributed by atoms with Crippen molar-refractivity contribution in [3.63, 3.8) is 0 Å². The molecule has 0 bridgehead atoms. The summed E-state index contributed by atoms with van der Waals surface area (Å²) in [6.45, 7) is 1.38. The van der Waals surface area contributed by atoms with Crippen LogP contribution in [0, 0.1) is 0 Å². The van der Waals surface area contributed by atoms with Crippen LogP contribution in [-0.4, -0.2) is 272 Å². The maximum absolute atomic E-state index is 14.2. The fourth-order valence-corrected chi connectivity index (χ4v) is 10.7. The van der Waals surface area contributed by atoms with Gasteiger partial charge in [-0.15, -0.1) is 0 Å². The summed E-state index contributed by atoms with van der Waals surface area (Å²) in [5, 5.41) is 84.3. The molecule has 1 saturated heterocycles. The van der Waals surface area contributed by atoms with Crippen molar-refractivity contribution in [2.45, 2.75) is 121 Å². The third-order valence-electron chi connectivity index (χ3n) is 16.1. The van der Waals surface area contributed by atoms with Gasteiger partial charge in [0.15, 0.2) is 0 Å². The van der Waals surface area contributed by atoms with Gasteiger partial charge in [-0.05, 0) is 73.8 Å². The van der Waals surface area contributed by atoms with Crippen LogP contribution in [0.3, 0.4) is 0 Å². The number of rotatable bonds is 44. The van der Waals surface area contributed by atoms with Gasteiger partial charge in [0.25, 0.3) is 0 Å². The Labute approximate surface area is 578 Å². The molecule has 0 saturated carbocycles. The number of carboxylic acid groups (broad SMARTS) is 7. The molecule has 1 aliphatic heterocycles. The second-order valence-electron chi connectivity index (χ2n) is 24.1. The molecule has 4 rings (SSSR count). The third-order valence-corrected chi connectivity index (χ3v) is 16.1. The van der Waals surface area contributed by atoms with Crippen molar-refractivity contribution in [2.75, 3.05) is 105 Å². The van der Waals surface area contributed by atoms with Crippen molar-refractivity contribution in [3.8, 4) is 0 Å². The second kappa shape index (κ2) is 45.5. The third kappa shape index (κ3) is 34.9. The van der Waals surface area contributed by atoms with E-state index >= 15 is 0 Å².